The van der Waals surface area contributed by atoms with Crippen LogP contribution in [0.4, 0.5) is 0 Å². The van der Waals surface area contributed by atoms with Crippen molar-refractivity contribution in [1.82, 2.24) is 4.57 Å². The van der Waals surface area contributed by atoms with E-state index in [2.05, 4.69) is 44.5 Å². The van der Waals surface area contributed by atoms with E-state index < -0.39 is 0 Å². The van der Waals surface area contributed by atoms with E-state index in [1.807, 2.05) is 0 Å². The lowest BCUT2D eigenvalue weighted by Gasteiger charge is -2.35. The number of rotatable bonds is 3. The SMILES string of the molecule is COC(C)(C)Cn1ccc2c1CC(C)(C)CC2N. The van der Waals surface area contributed by atoms with Crippen molar-refractivity contribution in [3.05, 3.63) is 23.5 Å². The first-order chi connectivity index (χ1) is 8.24. The second kappa shape index (κ2) is 4.39. The van der Waals surface area contributed by atoms with E-state index in [0.29, 0.717) is 5.41 Å². The highest BCUT2D eigenvalue weighted by Crippen LogP contribution is 2.40. The summed E-state index contributed by atoms with van der Waals surface area (Å²) >= 11 is 0. The van der Waals surface area contributed by atoms with E-state index in [0.717, 1.165) is 19.4 Å². The topological polar surface area (TPSA) is 40.2 Å². The summed E-state index contributed by atoms with van der Waals surface area (Å²) in [5.74, 6) is 0. The maximum absolute atomic E-state index is 6.29. The number of hydrogen-bond donors (Lipinski definition) is 1. The molecule has 0 fully saturated rings. The van der Waals surface area contributed by atoms with Gasteiger partial charge in [-0.1, -0.05) is 13.8 Å². The van der Waals surface area contributed by atoms with Crippen LogP contribution in [0.2, 0.25) is 0 Å². The zero-order chi connectivity index (χ0) is 13.6. The third-order valence-corrected chi connectivity index (χ3v) is 4.04. The molecule has 0 saturated carbocycles. The van der Waals surface area contributed by atoms with Crippen molar-refractivity contribution in [3.63, 3.8) is 0 Å². The van der Waals surface area contributed by atoms with Crippen LogP contribution in [0.25, 0.3) is 0 Å². The standard InChI is InChI=1S/C15H26N2O/c1-14(2)8-12(16)11-6-7-17(13(11)9-14)10-15(3,4)18-5/h6-7,12H,8-10,16H2,1-5H3. The third kappa shape index (κ3) is 2.62. The molecule has 0 amide bonds. The lowest BCUT2D eigenvalue weighted by molar-refractivity contribution is 0.00720. The molecule has 2 N–H and O–H groups in total. The molecule has 0 saturated heterocycles. The minimum Gasteiger partial charge on any atom is -0.377 e. The quantitative estimate of drug-likeness (QED) is 0.896. The fourth-order valence-electron chi connectivity index (χ4n) is 2.92. The minimum absolute atomic E-state index is 0.140. The number of aromatic nitrogens is 1. The Bertz CT molecular complexity index is 432. The number of hydrogen-bond acceptors (Lipinski definition) is 2. The van der Waals surface area contributed by atoms with Gasteiger partial charge in [0.05, 0.1) is 12.1 Å². The Morgan fingerprint density at radius 2 is 2.17 bits per heavy atom. The fourth-order valence-corrected chi connectivity index (χ4v) is 2.92. The van der Waals surface area contributed by atoms with Crippen LogP contribution >= 0.6 is 0 Å². The number of nitrogens with two attached hydrogens (primary N) is 1. The van der Waals surface area contributed by atoms with Crippen LogP contribution in [0.1, 0.15) is 51.4 Å². The maximum atomic E-state index is 6.29. The van der Waals surface area contributed by atoms with Gasteiger partial charge in [-0.25, -0.2) is 0 Å². The van der Waals surface area contributed by atoms with E-state index in [-0.39, 0.29) is 11.6 Å². The van der Waals surface area contributed by atoms with Crippen LogP contribution in [0.3, 0.4) is 0 Å². The molecule has 2 rings (SSSR count). The van der Waals surface area contributed by atoms with Gasteiger partial charge in [0.15, 0.2) is 0 Å². The molecule has 0 radical (unpaired) electrons. The second-order valence-electron chi connectivity index (χ2n) is 6.96. The van der Waals surface area contributed by atoms with E-state index in [9.17, 15) is 0 Å². The molecule has 0 bridgehead atoms. The molecule has 102 valence electrons. The lowest BCUT2D eigenvalue weighted by atomic mass is 9.74. The summed E-state index contributed by atoms with van der Waals surface area (Å²) < 4.78 is 7.85. The molecule has 3 heteroatoms. The molecular weight excluding hydrogens is 224 g/mol. The highest BCUT2D eigenvalue weighted by Gasteiger charge is 2.33. The third-order valence-electron chi connectivity index (χ3n) is 4.04. The Morgan fingerprint density at radius 3 is 2.78 bits per heavy atom. The summed E-state index contributed by atoms with van der Waals surface area (Å²) in [6.45, 7) is 9.71. The summed E-state index contributed by atoms with van der Waals surface area (Å²) in [6, 6.07) is 2.36. The van der Waals surface area contributed by atoms with Crippen LogP contribution < -0.4 is 5.73 Å². The fraction of sp³-hybridized carbons (Fsp3) is 0.733. The molecule has 1 unspecified atom stereocenters. The van der Waals surface area contributed by atoms with Crippen LogP contribution in [-0.2, 0) is 17.7 Å². The number of ether oxygens (including phenoxy) is 1. The highest BCUT2D eigenvalue weighted by molar-refractivity contribution is 5.30. The van der Waals surface area contributed by atoms with Crippen molar-refractivity contribution in [2.24, 2.45) is 11.1 Å². The van der Waals surface area contributed by atoms with Crippen LogP contribution in [0, 0.1) is 5.41 Å². The molecule has 0 aliphatic heterocycles. The number of fused-ring (bicyclic) bond motifs is 1. The van der Waals surface area contributed by atoms with E-state index in [1.54, 1.807) is 7.11 Å². The molecule has 18 heavy (non-hydrogen) atoms. The average Bonchev–Trinajstić information content (AvgIpc) is 2.59. The van der Waals surface area contributed by atoms with Crippen molar-refractivity contribution in [2.45, 2.75) is 58.7 Å². The smallest absolute Gasteiger partial charge is 0.0800 e. The van der Waals surface area contributed by atoms with E-state index >= 15 is 0 Å². The molecule has 1 aromatic rings. The highest BCUT2D eigenvalue weighted by atomic mass is 16.5. The normalized spacial score (nSPS) is 22.9. The molecule has 1 aromatic heterocycles. The Labute approximate surface area is 110 Å². The van der Waals surface area contributed by atoms with Gasteiger partial charge in [0.1, 0.15) is 0 Å². The Kier molecular flexibility index (Phi) is 3.32. The molecular formula is C15H26N2O. The Morgan fingerprint density at radius 1 is 1.50 bits per heavy atom. The molecule has 1 aliphatic rings. The Hall–Kier alpha value is -0.800. The van der Waals surface area contributed by atoms with Gasteiger partial charge in [-0.15, -0.1) is 0 Å². The second-order valence-corrected chi connectivity index (χ2v) is 6.96. The number of nitrogens with zero attached hydrogens (tertiary/aromatic N) is 1. The van der Waals surface area contributed by atoms with Crippen molar-refractivity contribution in [2.75, 3.05) is 7.11 Å². The average molecular weight is 250 g/mol. The first-order valence-corrected chi connectivity index (χ1v) is 6.73. The summed E-state index contributed by atoms with van der Waals surface area (Å²) in [4.78, 5) is 0. The molecule has 3 nitrogen and oxygen atoms in total. The molecule has 1 atom stereocenters. The molecule has 0 aromatic carbocycles. The van der Waals surface area contributed by atoms with Gasteiger partial charge in [-0.05, 0) is 43.7 Å². The molecule has 0 spiro atoms. The zero-order valence-electron chi connectivity index (χ0n) is 12.3. The predicted molar refractivity (Wildman–Crippen MR) is 74.6 cm³/mol. The van der Waals surface area contributed by atoms with Crippen LogP contribution in [0.5, 0.6) is 0 Å². The van der Waals surface area contributed by atoms with Gasteiger partial charge in [0.25, 0.3) is 0 Å². The first kappa shape index (κ1) is 13.6. The van der Waals surface area contributed by atoms with Crippen LogP contribution in [-0.4, -0.2) is 17.3 Å². The Balaban J connectivity index is 2.31. The first-order valence-electron chi connectivity index (χ1n) is 6.73. The zero-order valence-corrected chi connectivity index (χ0v) is 12.3. The van der Waals surface area contributed by atoms with Gasteiger partial charge in [-0.2, -0.15) is 0 Å². The monoisotopic (exact) mass is 250 g/mol. The van der Waals surface area contributed by atoms with Crippen molar-refractivity contribution in [3.8, 4) is 0 Å². The predicted octanol–water partition coefficient (Wildman–Crippen LogP) is 2.89. The van der Waals surface area contributed by atoms with Gasteiger partial charge in [0.2, 0.25) is 0 Å². The number of methoxy groups -OCH3 is 1. The maximum Gasteiger partial charge on any atom is 0.0800 e. The molecule has 1 aliphatic carbocycles. The summed E-state index contributed by atoms with van der Waals surface area (Å²) in [5, 5.41) is 0. The van der Waals surface area contributed by atoms with Crippen molar-refractivity contribution >= 4 is 0 Å². The van der Waals surface area contributed by atoms with Crippen molar-refractivity contribution in [1.29, 1.82) is 0 Å². The van der Waals surface area contributed by atoms with E-state index in [4.69, 9.17) is 10.5 Å². The largest absolute Gasteiger partial charge is 0.377 e. The van der Waals surface area contributed by atoms with Crippen LogP contribution in [0.15, 0.2) is 12.3 Å². The van der Waals surface area contributed by atoms with Crippen molar-refractivity contribution < 1.29 is 4.74 Å². The van der Waals surface area contributed by atoms with Gasteiger partial charge < -0.3 is 15.0 Å². The van der Waals surface area contributed by atoms with E-state index in [1.165, 1.54) is 11.3 Å². The van der Waals surface area contributed by atoms with Gasteiger partial charge >= 0.3 is 0 Å². The van der Waals surface area contributed by atoms with Gasteiger partial charge in [0, 0.05) is 25.0 Å². The molecule has 1 heterocycles. The summed E-state index contributed by atoms with van der Waals surface area (Å²) in [6.07, 6.45) is 4.33. The minimum atomic E-state index is -0.140. The summed E-state index contributed by atoms with van der Waals surface area (Å²) in [7, 11) is 1.77. The lowest BCUT2D eigenvalue weighted by Crippen LogP contribution is -2.33. The summed E-state index contributed by atoms with van der Waals surface area (Å²) in [5.41, 5.74) is 9.15. The van der Waals surface area contributed by atoms with Gasteiger partial charge in [-0.3, -0.25) is 0 Å².